The first-order valence-corrected chi connectivity index (χ1v) is 3.12. The maximum atomic E-state index is 11.4. The standard InChI is InChI=1S/C6H9F3O2/c1-5(10)11-4-2-3-6(7,8)9/h2-4H2,1H3. The third-order valence-corrected chi connectivity index (χ3v) is 0.910. The first-order valence-electron chi connectivity index (χ1n) is 3.12. The quantitative estimate of drug-likeness (QED) is 0.477. The van der Waals surface area contributed by atoms with E-state index in [-0.39, 0.29) is 13.0 Å². The Hall–Kier alpha value is -0.740. The van der Waals surface area contributed by atoms with Crippen LogP contribution in [0.15, 0.2) is 0 Å². The molecule has 66 valence electrons. The lowest BCUT2D eigenvalue weighted by Gasteiger charge is -2.05. The van der Waals surface area contributed by atoms with Crippen LogP contribution in [0.25, 0.3) is 0 Å². The molecular formula is C6H9F3O2. The molecule has 0 heterocycles. The van der Waals surface area contributed by atoms with Gasteiger partial charge in [0, 0.05) is 13.3 Å². The molecule has 0 N–H and O–H groups in total. The Bertz CT molecular complexity index is 130. The third-order valence-electron chi connectivity index (χ3n) is 0.910. The molecule has 0 radical (unpaired) electrons. The lowest BCUT2D eigenvalue weighted by Crippen LogP contribution is -2.09. The van der Waals surface area contributed by atoms with E-state index in [0.717, 1.165) is 6.92 Å². The molecule has 0 bridgehead atoms. The lowest BCUT2D eigenvalue weighted by molar-refractivity contribution is -0.148. The molecule has 0 aliphatic heterocycles. The number of carbonyl (C=O) groups is 1. The summed E-state index contributed by atoms with van der Waals surface area (Å²) in [5.41, 5.74) is 0. The van der Waals surface area contributed by atoms with Gasteiger partial charge >= 0.3 is 12.1 Å². The summed E-state index contributed by atoms with van der Waals surface area (Å²) in [7, 11) is 0. The molecule has 0 saturated heterocycles. The molecule has 0 aromatic heterocycles. The van der Waals surface area contributed by atoms with Gasteiger partial charge in [-0.15, -0.1) is 0 Å². The van der Waals surface area contributed by atoms with Crippen molar-refractivity contribution in [2.24, 2.45) is 0 Å². The Morgan fingerprint density at radius 3 is 2.36 bits per heavy atom. The molecule has 0 aromatic carbocycles. The summed E-state index contributed by atoms with van der Waals surface area (Å²) in [6, 6.07) is 0. The van der Waals surface area contributed by atoms with Gasteiger partial charge in [0.25, 0.3) is 0 Å². The topological polar surface area (TPSA) is 26.3 Å². The van der Waals surface area contributed by atoms with Gasteiger partial charge in [-0.25, -0.2) is 0 Å². The van der Waals surface area contributed by atoms with Crippen molar-refractivity contribution < 1.29 is 22.7 Å². The van der Waals surface area contributed by atoms with Crippen LogP contribution in [-0.2, 0) is 9.53 Å². The number of ether oxygens (including phenoxy) is 1. The van der Waals surface area contributed by atoms with Crippen molar-refractivity contribution >= 4 is 5.97 Å². The second-order valence-electron chi connectivity index (χ2n) is 2.06. The minimum atomic E-state index is -4.15. The summed E-state index contributed by atoms with van der Waals surface area (Å²) < 4.78 is 38.6. The molecule has 0 atom stereocenters. The van der Waals surface area contributed by atoms with E-state index in [2.05, 4.69) is 4.74 Å². The van der Waals surface area contributed by atoms with Crippen molar-refractivity contribution in [3.63, 3.8) is 0 Å². The predicted molar refractivity (Wildman–Crippen MR) is 31.9 cm³/mol. The van der Waals surface area contributed by atoms with Crippen molar-refractivity contribution in [3.05, 3.63) is 0 Å². The summed E-state index contributed by atoms with van der Waals surface area (Å²) >= 11 is 0. The largest absolute Gasteiger partial charge is 0.466 e. The Balaban J connectivity index is 3.22. The molecule has 0 spiro atoms. The summed E-state index contributed by atoms with van der Waals surface area (Å²) in [5, 5.41) is 0. The molecular weight excluding hydrogens is 161 g/mol. The zero-order chi connectivity index (χ0) is 8.91. The van der Waals surface area contributed by atoms with Gasteiger partial charge in [-0.1, -0.05) is 0 Å². The van der Waals surface area contributed by atoms with Crippen LogP contribution in [0.5, 0.6) is 0 Å². The summed E-state index contributed by atoms with van der Waals surface area (Å²) in [5.74, 6) is -0.549. The first-order chi connectivity index (χ1) is 4.92. The fraction of sp³-hybridized carbons (Fsp3) is 0.833. The molecule has 0 saturated carbocycles. The van der Waals surface area contributed by atoms with Crippen LogP contribution in [0, 0.1) is 0 Å². The van der Waals surface area contributed by atoms with Crippen molar-refractivity contribution in [1.29, 1.82) is 0 Å². The number of hydrogen-bond donors (Lipinski definition) is 0. The summed E-state index contributed by atoms with van der Waals surface area (Å²) in [4.78, 5) is 10.1. The fourth-order valence-corrected chi connectivity index (χ4v) is 0.489. The van der Waals surface area contributed by atoms with E-state index in [1.807, 2.05) is 0 Å². The second-order valence-corrected chi connectivity index (χ2v) is 2.06. The Morgan fingerprint density at radius 2 is 2.00 bits per heavy atom. The van der Waals surface area contributed by atoms with Gasteiger partial charge in [-0.05, 0) is 6.42 Å². The minimum absolute atomic E-state index is 0.158. The molecule has 0 aliphatic carbocycles. The summed E-state index contributed by atoms with van der Waals surface area (Å²) in [6.45, 7) is 1.00. The molecule has 11 heavy (non-hydrogen) atoms. The Labute approximate surface area is 62.3 Å². The van der Waals surface area contributed by atoms with Gasteiger partial charge in [0.2, 0.25) is 0 Å². The second kappa shape index (κ2) is 4.20. The van der Waals surface area contributed by atoms with Gasteiger partial charge in [0.1, 0.15) is 0 Å². The zero-order valence-corrected chi connectivity index (χ0v) is 6.07. The number of alkyl halides is 3. The SMILES string of the molecule is CC(=O)OCCCC(F)(F)F. The van der Waals surface area contributed by atoms with Crippen LogP contribution in [0.1, 0.15) is 19.8 Å². The predicted octanol–water partition coefficient (Wildman–Crippen LogP) is 1.89. The van der Waals surface area contributed by atoms with Crippen molar-refractivity contribution in [3.8, 4) is 0 Å². The zero-order valence-electron chi connectivity index (χ0n) is 6.07. The van der Waals surface area contributed by atoms with E-state index in [1.165, 1.54) is 0 Å². The van der Waals surface area contributed by atoms with Crippen LogP contribution in [0.4, 0.5) is 13.2 Å². The van der Waals surface area contributed by atoms with Gasteiger partial charge < -0.3 is 4.74 Å². The van der Waals surface area contributed by atoms with Gasteiger partial charge in [-0.2, -0.15) is 13.2 Å². The van der Waals surface area contributed by atoms with E-state index in [1.54, 1.807) is 0 Å². The van der Waals surface area contributed by atoms with Gasteiger partial charge in [0.15, 0.2) is 0 Å². The Morgan fingerprint density at radius 1 is 1.45 bits per heavy atom. The third kappa shape index (κ3) is 9.26. The maximum Gasteiger partial charge on any atom is 0.389 e. The highest BCUT2D eigenvalue weighted by molar-refractivity contribution is 5.65. The monoisotopic (exact) mass is 170 g/mol. The van der Waals surface area contributed by atoms with E-state index in [0.29, 0.717) is 0 Å². The van der Waals surface area contributed by atoms with Crippen LogP contribution in [-0.4, -0.2) is 18.8 Å². The highest BCUT2D eigenvalue weighted by atomic mass is 19.4. The van der Waals surface area contributed by atoms with Crippen LogP contribution in [0.2, 0.25) is 0 Å². The van der Waals surface area contributed by atoms with E-state index in [4.69, 9.17) is 0 Å². The van der Waals surface area contributed by atoms with Crippen molar-refractivity contribution in [2.75, 3.05) is 6.61 Å². The number of carbonyl (C=O) groups excluding carboxylic acids is 1. The van der Waals surface area contributed by atoms with Crippen molar-refractivity contribution in [2.45, 2.75) is 25.9 Å². The van der Waals surface area contributed by atoms with E-state index < -0.39 is 18.6 Å². The molecule has 2 nitrogen and oxygen atoms in total. The first kappa shape index (κ1) is 10.3. The van der Waals surface area contributed by atoms with Crippen LogP contribution < -0.4 is 0 Å². The van der Waals surface area contributed by atoms with E-state index in [9.17, 15) is 18.0 Å². The molecule has 5 heteroatoms. The average Bonchev–Trinajstić information content (AvgIpc) is 1.78. The normalized spacial score (nSPS) is 11.3. The number of esters is 1. The fourth-order valence-electron chi connectivity index (χ4n) is 0.489. The highest BCUT2D eigenvalue weighted by Gasteiger charge is 2.26. The minimum Gasteiger partial charge on any atom is -0.466 e. The average molecular weight is 170 g/mol. The molecule has 0 aliphatic rings. The Kier molecular flexibility index (Phi) is 3.92. The smallest absolute Gasteiger partial charge is 0.389 e. The lowest BCUT2D eigenvalue weighted by atomic mass is 10.3. The van der Waals surface area contributed by atoms with Crippen LogP contribution >= 0.6 is 0 Å². The van der Waals surface area contributed by atoms with Crippen molar-refractivity contribution in [1.82, 2.24) is 0 Å². The van der Waals surface area contributed by atoms with Gasteiger partial charge in [-0.3, -0.25) is 4.79 Å². The number of halogens is 3. The number of hydrogen-bond acceptors (Lipinski definition) is 2. The molecule has 0 unspecified atom stereocenters. The molecule has 0 fully saturated rings. The molecule has 0 amide bonds. The van der Waals surface area contributed by atoms with E-state index >= 15 is 0 Å². The molecule has 0 rings (SSSR count). The number of rotatable bonds is 3. The van der Waals surface area contributed by atoms with Crippen LogP contribution in [0.3, 0.4) is 0 Å². The highest BCUT2D eigenvalue weighted by Crippen LogP contribution is 2.20. The maximum absolute atomic E-state index is 11.4. The van der Waals surface area contributed by atoms with Gasteiger partial charge in [0.05, 0.1) is 6.61 Å². The summed E-state index contributed by atoms with van der Waals surface area (Å²) in [6.07, 6.45) is -5.22. The molecule has 0 aromatic rings.